The summed E-state index contributed by atoms with van der Waals surface area (Å²) >= 11 is 0. The fourth-order valence-electron chi connectivity index (χ4n) is 3.13. The van der Waals surface area contributed by atoms with Crippen LogP contribution in [-0.2, 0) is 0 Å². The minimum Gasteiger partial charge on any atom is -0.497 e. The lowest BCUT2D eigenvalue weighted by Gasteiger charge is -2.47. The number of fused-ring (bicyclic) bond motifs is 1. The van der Waals surface area contributed by atoms with Gasteiger partial charge in [-0.2, -0.15) is 0 Å². The molecule has 1 aromatic rings. The SMILES string of the molecule is CCN(CCO)C1C(O)c2ccc(OC)cc2OC1(C)C. The molecule has 1 aliphatic heterocycles. The molecule has 5 nitrogen and oxygen atoms in total. The highest BCUT2D eigenvalue weighted by Gasteiger charge is 2.45. The summed E-state index contributed by atoms with van der Waals surface area (Å²) in [5.74, 6) is 1.36. The van der Waals surface area contributed by atoms with Gasteiger partial charge >= 0.3 is 0 Å². The third-order valence-corrected chi connectivity index (χ3v) is 4.11. The normalized spacial score (nSPS) is 23.6. The highest BCUT2D eigenvalue weighted by molar-refractivity contribution is 5.45. The van der Waals surface area contributed by atoms with Gasteiger partial charge in [-0.05, 0) is 32.5 Å². The molecule has 2 N–H and O–H groups in total. The third-order valence-electron chi connectivity index (χ3n) is 4.11. The second-order valence-electron chi connectivity index (χ2n) is 5.85. The highest BCUT2D eigenvalue weighted by atomic mass is 16.5. The summed E-state index contributed by atoms with van der Waals surface area (Å²) in [4.78, 5) is 2.05. The Balaban J connectivity index is 2.40. The van der Waals surface area contributed by atoms with Crippen molar-refractivity contribution in [3.05, 3.63) is 23.8 Å². The molecule has 21 heavy (non-hydrogen) atoms. The zero-order valence-corrected chi connectivity index (χ0v) is 13.2. The van der Waals surface area contributed by atoms with Crippen molar-refractivity contribution in [3.63, 3.8) is 0 Å². The quantitative estimate of drug-likeness (QED) is 0.863. The molecule has 5 heteroatoms. The summed E-state index contributed by atoms with van der Waals surface area (Å²) in [6, 6.07) is 5.26. The number of benzene rings is 1. The van der Waals surface area contributed by atoms with E-state index in [-0.39, 0.29) is 12.6 Å². The minimum absolute atomic E-state index is 0.0581. The average molecular weight is 295 g/mol. The van der Waals surface area contributed by atoms with Crippen LogP contribution in [0.2, 0.25) is 0 Å². The van der Waals surface area contributed by atoms with Gasteiger partial charge in [0.2, 0.25) is 0 Å². The largest absolute Gasteiger partial charge is 0.497 e. The number of aliphatic hydroxyl groups is 2. The van der Waals surface area contributed by atoms with Crippen LogP contribution < -0.4 is 9.47 Å². The average Bonchev–Trinajstić information content (AvgIpc) is 2.44. The Bertz CT molecular complexity index is 489. The number of likely N-dealkylation sites (N-methyl/N-ethyl adjacent to an activating group) is 1. The van der Waals surface area contributed by atoms with E-state index in [2.05, 4.69) is 4.90 Å². The summed E-state index contributed by atoms with van der Waals surface area (Å²) in [5.41, 5.74) is 0.195. The summed E-state index contributed by atoms with van der Waals surface area (Å²) < 4.78 is 11.3. The van der Waals surface area contributed by atoms with Gasteiger partial charge in [0.15, 0.2) is 0 Å². The summed E-state index contributed by atoms with van der Waals surface area (Å²) in [6.45, 7) is 7.24. The van der Waals surface area contributed by atoms with Gasteiger partial charge in [-0.25, -0.2) is 0 Å². The van der Waals surface area contributed by atoms with E-state index in [0.717, 1.165) is 12.1 Å². The summed E-state index contributed by atoms with van der Waals surface area (Å²) in [7, 11) is 1.61. The first-order valence-electron chi connectivity index (χ1n) is 7.34. The van der Waals surface area contributed by atoms with Gasteiger partial charge in [0.1, 0.15) is 23.2 Å². The van der Waals surface area contributed by atoms with E-state index < -0.39 is 11.7 Å². The molecule has 2 unspecified atom stereocenters. The fourth-order valence-corrected chi connectivity index (χ4v) is 3.13. The van der Waals surface area contributed by atoms with Crippen LogP contribution in [0.4, 0.5) is 0 Å². The molecule has 1 aromatic carbocycles. The van der Waals surface area contributed by atoms with E-state index in [1.54, 1.807) is 13.2 Å². The van der Waals surface area contributed by atoms with Gasteiger partial charge in [-0.15, -0.1) is 0 Å². The van der Waals surface area contributed by atoms with E-state index in [4.69, 9.17) is 9.47 Å². The van der Waals surface area contributed by atoms with Crippen LogP contribution in [0.5, 0.6) is 11.5 Å². The monoisotopic (exact) mass is 295 g/mol. The molecule has 118 valence electrons. The zero-order valence-electron chi connectivity index (χ0n) is 13.2. The molecule has 0 aliphatic carbocycles. The Labute approximate surface area is 126 Å². The van der Waals surface area contributed by atoms with Gasteiger partial charge in [0.25, 0.3) is 0 Å². The summed E-state index contributed by atoms with van der Waals surface area (Å²) in [6.07, 6.45) is -0.666. The standard InChI is InChI=1S/C16H25NO4/c1-5-17(8-9-18)15-14(19)12-7-6-11(20-4)10-13(12)21-16(15,2)3/h6-7,10,14-15,18-19H,5,8-9H2,1-4H3. The number of hydrogen-bond donors (Lipinski definition) is 2. The van der Waals surface area contributed by atoms with Crippen LogP contribution in [0.3, 0.4) is 0 Å². The lowest BCUT2D eigenvalue weighted by atomic mass is 9.85. The number of methoxy groups -OCH3 is 1. The number of aliphatic hydroxyl groups excluding tert-OH is 2. The van der Waals surface area contributed by atoms with Crippen molar-refractivity contribution >= 4 is 0 Å². The van der Waals surface area contributed by atoms with Crippen LogP contribution in [0, 0.1) is 0 Å². The van der Waals surface area contributed by atoms with Crippen LogP contribution >= 0.6 is 0 Å². The van der Waals surface area contributed by atoms with E-state index in [1.807, 2.05) is 32.9 Å². The van der Waals surface area contributed by atoms with Crippen molar-refractivity contribution in [2.24, 2.45) is 0 Å². The number of nitrogens with zero attached hydrogens (tertiary/aromatic N) is 1. The maximum absolute atomic E-state index is 10.8. The molecule has 0 fully saturated rings. The van der Waals surface area contributed by atoms with Crippen molar-refractivity contribution < 1.29 is 19.7 Å². The molecule has 2 rings (SSSR count). The molecule has 0 bridgehead atoms. The Morgan fingerprint density at radius 3 is 2.67 bits per heavy atom. The van der Waals surface area contributed by atoms with Crippen LogP contribution in [0.25, 0.3) is 0 Å². The van der Waals surface area contributed by atoms with E-state index in [9.17, 15) is 10.2 Å². The second-order valence-corrected chi connectivity index (χ2v) is 5.85. The molecule has 0 saturated heterocycles. The summed E-state index contributed by atoms with van der Waals surface area (Å²) in [5, 5.41) is 20.0. The molecule has 0 radical (unpaired) electrons. The molecular formula is C16H25NO4. The van der Waals surface area contributed by atoms with Crippen molar-refractivity contribution in [3.8, 4) is 11.5 Å². The maximum atomic E-state index is 10.8. The van der Waals surface area contributed by atoms with Crippen molar-refractivity contribution in [1.82, 2.24) is 4.90 Å². The second kappa shape index (κ2) is 6.22. The van der Waals surface area contributed by atoms with Gasteiger partial charge in [0, 0.05) is 18.2 Å². The molecule has 0 saturated carbocycles. The predicted molar refractivity (Wildman–Crippen MR) is 80.8 cm³/mol. The van der Waals surface area contributed by atoms with E-state index in [1.165, 1.54) is 0 Å². The predicted octanol–water partition coefficient (Wildman–Crippen LogP) is 1.58. The van der Waals surface area contributed by atoms with Crippen molar-refractivity contribution in [2.75, 3.05) is 26.8 Å². The first-order valence-corrected chi connectivity index (χ1v) is 7.34. The van der Waals surface area contributed by atoms with E-state index >= 15 is 0 Å². The van der Waals surface area contributed by atoms with Gasteiger partial charge in [-0.3, -0.25) is 4.90 Å². The molecule has 0 amide bonds. The van der Waals surface area contributed by atoms with Crippen molar-refractivity contribution in [1.29, 1.82) is 0 Å². The Kier molecular flexibility index (Phi) is 4.76. The van der Waals surface area contributed by atoms with Crippen molar-refractivity contribution in [2.45, 2.75) is 38.5 Å². The Hall–Kier alpha value is -1.30. The molecule has 0 aromatic heterocycles. The maximum Gasteiger partial charge on any atom is 0.129 e. The molecule has 1 heterocycles. The molecule has 0 spiro atoms. The lowest BCUT2D eigenvalue weighted by Crippen LogP contribution is -2.58. The van der Waals surface area contributed by atoms with E-state index in [0.29, 0.717) is 18.0 Å². The highest BCUT2D eigenvalue weighted by Crippen LogP contribution is 2.43. The lowest BCUT2D eigenvalue weighted by molar-refractivity contribution is -0.0841. The first-order chi connectivity index (χ1) is 9.94. The smallest absolute Gasteiger partial charge is 0.129 e. The first kappa shape index (κ1) is 16.1. The molecule has 1 aliphatic rings. The van der Waals surface area contributed by atoms with Gasteiger partial charge < -0.3 is 19.7 Å². The van der Waals surface area contributed by atoms with Gasteiger partial charge in [-0.1, -0.05) is 6.92 Å². The Morgan fingerprint density at radius 1 is 1.38 bits per heavy atom. The van der Waals surface area contributed by atoms with Gasteiger partial charge in [0.05, 0.1) is 19.8 Å². The van der Waals surface area contributed by atoms with Crippen LogP contribution in [-0.4, -0.2) is 53.6 Å². The van der Waals surface area contributed by atoms with Crippen LogP contribution in [0.15, 0.2) is 18.2 Å². The third kappa shape index (κ3) is 3.00. The van der Waals surface area contributed by atoms with Crippen LogP contribution in [0.1, 0.15) is 32.4 Å². The topological polar surface area (TPSA) is 62.2 Å². The zero-order chi connectivity index (χ0) is 15.6. The minimum atomic E-state index is -0.666. The fraction of sp³-hybridized carbons (Fsp3) is 0.625. The Morgan fingerprint density at radius 2 is 2.10 bits per heavy atom. The number of hydrogen-bond acceptors (Lipinski definition) is 5. The number of rotatable bonds is 5. The number of ether oxygens (including phenoxy) is 2. The molecular weight excluding hydrogens is 270 g/mol. The molecule has 2 atom stereocenters.